The minimum absolute atomic E-state index is 0.122. The first-order valence-electron chi connectivity index (χ1n) is 5.27. The Morgan fingerprint density at radius 2 is 2.11 bits per heavy atom. The van der Waals surface area contributed by atoms with Gasteiger partial charge < -0.3 is 4.42 Å². The Kier molecular flexibility index (Phi) is 3.75. The highest BCUT2D eigenvalue weighted by molar-refractivity contribution is 7.89. The van der Waals surface area contributed by atoms with Gasteiger partial charge in [-0.2, -0.15) is 0 Å². The molecule has 0 radical (unpaired) electrons. The smallest absolute Gasteiger partial charge is 0.240 e. The minimum atomic E-state index is -3.54. The summed E-state index contributed by atoms with van der Waals surface area (Å²) in [6.45, 7) is 1.88. The minimum Gasteiger partial charge on any atom is -0.468 e. The predicted octanol–water partition coefficient (Wildman–Crippen LogP) is 2.72. The zero-order valence-electron chi connectivity index (χ0n) is 9.68. The summed E-state index contributed by atoms with van der Waals surface area (Å²) < 4.78 is 31.5. The quantitative estimate of drug-likeness (QED) is 0.939. The monoisotopic (exact) mass is 285 g/mol. The van der Waals surface area contributed by atoms with E-state index in [1.165, 1.54) is 18.4 Å². The van der Waals surface area contributed by atoms with Crippen LogP contribution in [0.2, 0.25) is 5.02 Å². The Hall–Kier alpha value is -1.30. The number of benzene rings is 1. The first-order chi connectivity index (χ1) is 8.49. The third-order valence-corrected chi connectivity index (χ3v) is 4.28. The van der Waals surface area contributed by atoms with Crippen molar-refractivity contribution < 1.29 is 12.8 Å². The lowest BCUT2D eigenvalue weighted by atomic mass is 10.2. The van der Waals surface area contributed by atoms with Gasteiger partial charge in [0.15, 0.2) is 0 Å². The predicted molar refractivity (Wildman–Crippen MR) is 68.9 cm³/mol. The van der Waals surface area contributed by atoms with E-state index in [4.69, 9.17) is 16.0 Å². The highest BCUT2D eigenvalue weighted by Gasteiger charge is 2.15. The first kappa shape index (κ1) is 13.1. The average molecular weight is 286 g/mol. The van der Waals surface area contributed by atoms with Gasteiger partial charge in [0.05, 0.1) is 17.7 Å². The molecule has 6 heteroatoms. The van der Waals surface area contributed by atoms with Crippen molar-refractivity contribution in [1.82, 2.24) is 4.72 Å². The zero-order valence-corrected chi connectivity index (χ0v) is 11.3. The molecule has 1 N–H and O–H groups in total. The summed E-state index contributed by atoms with van der Waals surface area (Å²) >= 11 is 5.86. The molecule has 1 aromatic heterocycles. The van der Waals surface area contributed by atoms with Crippen LogP contribution in [-0.4, -0.2) is 8.42 Å². The third-order valence-electron chi connectivity index (χ3n) is 2.46. The van der Waals surface area contributed by atoms with E-state index in [9.17, 15) is 8.42 Å². The molecule has 0 bridgehead atoms. The molecule has 2 rings (SSSR count). The van der Waals surface area contributed by atoms with Gasteiger partial charge in [-0.05, 0) is 42.8 Å². The van der Waals surface area contributed by atoms with Crippen LogP contribution in [0.25, 0.3) is 0 Å². The molecule has 1 heterocycles. The number of rotatable bonds is 4. The molecule has 4 nitrogen and oxygen atoms in total. The van der Waals surface area contributed by atoms with Crippen LogP contribution in [0, 0.1) is 6.92 Å². The van der Waals surface area contributed by atoms with Crippen LogP contribution >= 0.6 is 11.6 Å². The van der Waals surface area contributed by atoms with Crippen LogP contribution in [0.5, 0.6) is 0 Å². The number of hydrogen-bond donors (Lipinski definition) is 1. The van der Waals surface area contributed by atoms with Crippen molar-refractivity contribution in [1.29, 1.82) is 0 Å². The molecule has 0 aliphatic rings. The topological polar surface area (TPSA) is 59.3 Å². The summed E-state index contributed by atoms with van der Waals surface area (Å²) in [6, 6.07) is 7.98. The molecule has 96 valence electrons. The van der Waals surface area contributed by atoms with E-state index in [0.29, 0.717) is 10.8 Å². The van der Waals surface area contributed by atoms with E-state index in [-0.39, 0.29) is 11.4 Å². The molecule has 0 atom stereocenters. The molecule has 0 amide bonds. The molecule has 1 aromatic carbocycles. The Bertz CT molecular complexity index is 635. The van der Waals surface area contributed by atoms with E-state index < -0.39 is 10.0 Å². The van der Waals surface area contributed by atoms with Crippen molar-refractivity contribution in [3.63, 3.8) is 0 Å². The number of aryl methyl sites for hydroxylation is 1. The molecule has 2 aromatic rings. The van der Waals surface area contributed by atoms with E-state index in [2.05, 4.69) is 4.72 Å². The molecule has 18 heavy (non-hydrogen) atoms. The first-order valence-corrected chi connectivity index (χ1v) is 7.13. The second kappa shape index (κ2) is 5.14. The Labute approximate surface area is 111 Å². The Balaban J connectivity index is 2.17. The van der Waals surface area contributed by atoms with Gasteiger partial charge in [0, 0.05) is 5.02 Å². The standard InChI is InChI=1S/C12H12ClNO3S/c1-9-7-11(4-5-12(9)13)18(15,16)14-8-10-3-2-6-17-10/h2-7,14H,8H2,1H3. The fraction of sp³-hybridized carbons (Fsp3) is 0.167. The zero-order chi connectivity index (χ0) is 13.2. The van der Waals surface area contributed by atoms with Gasteiger partial charge >= 0.3 is 0 Å². The Morgan fingerprint density at radius 1 is 1.33 bits per heavy atom. The number of hydrogen-bond acceptors (Lipinski definition) is 3. The van der Waals surface area contributed by atoms with Gasteiger partial charge in [-0.3, -0.25) is 0 Å². The van der Waals surface area contributed by atoms with E-state index in [1.54, 1.807) is 25.1 Å². The van der Waals surface area contributed by atoms with Crippen molar-refractivity contribution in [3.8, 4) is 0 Å². The molecule has 0 aliphatic heterocycles. The normalized spacial score (nSPS) is 11.7. The van der Waals surface area contributed by atoms with Crippen LogP contribution in [0.1, 0.15) is 11.3 Å². The summed E-state index contributed by atoms with van der Waals surface area (Å²) in [4.78, 5) is 0.191. The summed E-state index contributed by atoms with van der Waals surface area (Å²) in [5.74, 6) is 0.560. The maximum absolute atomic E-state index is 12.0. The van der Waals surface area contributed by atoms with Crippen molar-refractivity contribution in [2.24, 2.45) is 0 Å². The highest BCUT2D eigenvalue weighted by Crippen LogP contribution is 2.19. The maximum Gasteiger partial charge on any atom is 0.240 e. The molecular formula is C12H12ClNO3S. The molecule has 0 fully saturated rings. The lowest BCUT2D eigenvalue weighted by Gasteiger charge is -2.07. The van der Waals surface area contributed by atoms with Gasteiger partial charge in [0.1, 0.15) is 5.76 Å². The molecule has 0 unspecified atom stereocenters. The molecule has 0 aliphatic carbocycles. The second-order valence-electron chi connectivity index (χ2n) is 3.81. The van der Waals surface area contributed by atoms with Crippen LogP contribution in [-0.2, 0) is 16.6 Å². The average Bonchev–Trinajstić information content (AvgIpc) is 2.83. The van der Waals surface area contributed by atoms with Crippen LogP contribution < -0.4 is 4.72 Å². The van der Waals surface area contributed by atoms with E-state index in [1.807, 2.05) is 0 Å². The fourth-order valence-electron chi connectivity index (χ4n) is 1.45. The number of furan rings is 1. The highest BCUT2D eigenvalue weighted by atomic mass is 35.5. The molecule has 0 spiro atoms. The van der Waals surface area contributed by atoms with Crippen LogP contribution in [0.3, 0.4) is 0 Å². The van der Waals surface area contributed by atoms with Gasteiger partial charge in [0.25, 0.3) is 0 Å². The fourth-order valence-corrected chi connectivity index (χ4v) is 2.64. The van der Waals surface area contributed by atoms with Crippen molar-refractivity contribution in [3.05, 3.63) is 52.9 Å². The SMILES string of the molecule is Cc1cc(S(=O)(=O)NCc2ccco2)ccc1Cl. The van der Waals surface area contributed by atoms with Crippen molar-refractivity contribution in [2.75, 3.05) is 0 Å². The summed E-state index contributed by atoms with van der Waals surface area (Å²) in [5.41, 5.74) is 0.720. The van der Waals surface area contributed by atoms with Gasteiger partial charge in [0.2, 0.25) is 10.0 Å². The van der Waals surface area contributed by atoms with Crippen LogP contribution in [0.4, 0.5) is 0 Å². The van der Waals surface area contributed by atoms with E-state index in [0.717, 1.165) is 5.56 Å². The number of sulfonamides is 1. The summed E-state index contributed by atoms with van der Waals surface area (Å²) in [5, 5.41) is 0.542. The Morgan fingerprint density at radius 3 is 2.72 bits per heavy atom. The molecule has 0 saturated heterocycles. The largest absolute Gasteiger partial charge is 0.468 e. The second-order valence-corrected chi connectivity index (χ2v) is 5.99. The summed E-state index contributed by atoms with van der Waals surface area (Å²) in [6.07, 6.45) is 1.50. The molecule has 0 saturated carbocycles. The van der Waals surface area contributed by atoms with Crippen molar-refractivity contribution >= 4 is 21.6 Å². The number of nitrogens with one attached hydrogen (secondary N) is 1. The van der Waals surface area contributed by atoms with Crippen molar-refractivity contribution in [2.45, 2.75) is 18.4 Å². The van der Waals surface area contributed by atoms with Crippen LogP contribution in [0.15, 0.2) is 45.9 Å². The lowest BCUT2D eigenvalue weighted by Crippen LogP contribution is -2.23. The summed E-state index contributed by atoms with van der Waals surface area (Å²) in [7, 11) is -3.54. The lowest BCUT2D eigenvalue weighted by molar-refractivity contribution is 0.498. The van der Waals surface area contributed by atoms with E-state index >= 15 is 0 Å². The maximum atomic E-state index is 12.0. The van der Waals surface area contributed by atoms with Gasteiger partial charge in [-0.15, -0.1) is 0 Å². The van der Waals surface area contributed by atoms with Gasteiger partial charge in [-0.25, -0.2) is 13.1 Å². The number of halogens is 1. The van der Waals surface area contributed by atoms with Gasteiger partial charge in [-0.1, -0.05) is 11.6 Å². The molecular weight excluding hydrogens is 274 g/mol. The third kappa shape index (κ3) is 2.93.